The molecule has 0 bridgehead atoms. The number of aromatic amines is 1. The Hall–Kier alpha value is -1.82. The van der Waals surface area contributed by atoms with Crippen LogP contribution in [0.3, 0.4) is 0 Å². The molecule has 0 spiro atoms. The lowest BCUT2D eigenvalue weighted by Crippen LogP contribution is -2.30. The van der Waals surface area contributed by atoms with E-state index in [1.54, 1.807) is 13.8 Å². The number of aliphatic hydroxyl groups is 1. The molecule has 0 saturated carbocycles. The van der Waals surface area contributed by atoms with Crippen LogP contribution in [0.25, 0.3) is 11.2 Å². The molecule has 0 aliphatic heterocycles. The minimum atomic E-state index is -4.27. The molecule has 0 amide bonds. The van der Waals surface area contributed by atoms with Crippen molar-refractivity contribution in [1.29, 1.82) is 0 Å². The van der Waals surface area contributed by atoms with Crippen molar-refractivity contribution >= 4 is 24.9 Å². The maximum Gasteiger partial charge on any atom is 0.472 e. The standard InChI is InChI=1S/C17H30N5O7P/c1-10(2)29-30(25,26)27-8-11(6-17(3,4)5)28-12(7-23)22-9-19-13-14(22)20-16(18)21-15(13)24/h9-12,23H,6-8H2,1-5H3,(H,25,26)(H3,18,20,21,24)/t11-,12-/m1/s1. The molecule has 30 heavy (non-hydrogen) atoms. The fourth-order valence-electron chi connectivity index (χ4n) is 2.88. The lowest BCUT2D eigenvalue weighted by molar-refractivity contribution is -0.106. The quantitative estimate of drug-likeness (QED) is 0.391. The van der Waals surface area contributed by atoms with E-state index in [-0.39, 0.29) is 29.1 Å². The number of aromatic nitrogens is 4. The summed E-state index contributed by atoms with van der Waals surface area (Å²) in [7, 11) is -4.27. The average Bonchev–Trinajstić information content (AvgIpc) is 2.99. The summed E-state index contributed by atoms with van der Waals surface area (Å²) in [6.07, 6.45) is -0.423. The number of anilines is 1. The molecule has 5 N–H and O–H groups in total. The molecule has 3 atom stereocenters. The van der Waals surface area contributed by atoms with Gasteiger partial charge in [0.15, 0.2) is 17.4 Å². The number of hydrogen-bond acceptors (Lipinski definition) is 9. The Morgan fingerprint density at radius 1 is 1.37 bits per heavy atom. The molecule has 2 heterocycles. The van der Waals surface area contributed by atoms with Gasteiger partial charge in [0.1, 0.15) is 0 Å². The van der Waals surface area contributed by atoms with Crippen LogP contribution in [-0.4, -0.2) is 54.9 Å². The highest BCUT2D eigenvalue weighted by Crippen LogP contribution is 2.45. The molecule has 2 aromatic heterocycles. The molecular formula is C17H30N5O7P. The van der Waals surface area contributed by atoms with E-state index in [2.05, 4.69) is 15.0 Å². The minimum Gasteiger partial charge on any atom is -0.392 e. The molecule has 0 aliphatic carbocycles. The Morgan fingerprint density at radius 2 is 2.03 bits per heavy atom. The Morgan fingerprint density at radius 3 is 2.60 bits per heavy atom. The third kappa shape index (κ3) is 6.86. The molecule has 0 aliphatic rings. The van der Waals surface area contributed by atoms with Crippen molar-refractivity contribution in [2.24, 2.45) is 5.41 Å². The van der Waals surface area contributed by atoms with Crippen LogP contribution in [-0.2, 0) is 18.3 Å². The summed E-state index contributed by atoms with van der Waals surface area (Å²) in [5.41, 5.74) is 5.05. The smallest absolute Gasteiger partial charge is 0.392 e. The molecule has 12 nitrogen and oxygen atoms in total. The number of aliphatic hydroxyl groups excluding tert-OH is 1. The van der Waals surface area contributed by atoms with E-state index in [0.717, 1.165) is 0 Å². The zero-order valence-electron chi connectivity index (χ0n) is 17.7. The SMILES string of the molecule is CC(C)OP(=O)(O)OC[C@@H](CC(C)(C)C)O[C@H](CO)n1cnc2c(=O)[nH]c(N)nc21. The predicted octanol–water partition coefficient (Wildman–Crippen LogP) is 1.56. The van der Waals surface area contributed by atoms with Crippen LogP contribution in [0.5, 0.6) is 0 Å². The Labute approximate surface area is 174 Å². The monoisotopic (exact) mass is 447 g/mol. The van der Waals surface area contributed by atoms with Crippen molar-refractivity contribution in [2.75, 3.05) is 18.9 Å². The summed E-state index contributed by atoms with van der Waals surface area (Å²) in [6, 6.07) is 0. The van der Waals surface area contributed by atoms with Crippen LogP contribution in [0, 0.1) is 5.41 Å². The summed E-state index contributed by atoms with van der Waals surface area (Å²) in [6.45, 7) is 8.40. The van der Waals surface area contributed by atoms with Crippen LogP contribution in [0.15, 0.2) is 11.1 Å². The number of rotatable bonds is 10. The van der Waals surface area contributed by atoms with Gasteiger partial charge in [0.05, 0.1) is 31.7 Å². The number of nitrogen functional groups attached to an aromatic ring is 1. The first-order valence-corrected chi connectivity index (χ1v) is 10.9. The Bertz CT molecular complexity index is 952. The molecule has 2 aromatic rings. The topological polar surface area (TPSA) is 175 Å². The lowest BCUT2D eigenvalue weighted by atomic mass is 9.89. The van der Waals surface area contributed by atoms with Crippen LogP contribution in [0.2, 0.25) is 0 Å². The van der Waals surface area contributed by atoms with Crippen molar-refractivity contribution in [3.63, 3.8) is 0 Å². The van der Waals surface area contributed by atoms with E-state index >= 15 is 0 Å². The molecule has 0 fully saturated rings. The van der Waals surface area contributed by atoms with Gasteiger partial charge < -0.3 is 20.5 Å². The first-order valence-electron chi connectivity index (χ1n) is 9.45. The second-order valence-corrected chi connectivity index (χ2v) is 9.76. The highest BCUT2D eigenvalue weighted by Gasteiger charge is 2.29. The molecule has 0 radical (unpaired) electrons. The molecule has 1 unspecified atom stereocenters. The van der Waals surface area contributed by atoms with Crippen molar-refractivity contribution in [3.05, 3.63) is 16.7 Å². The molecule has 0 aromatic carbocycles. The van der Waals surface area contributed by atoms with Crippen LogP contribution in [0.1, 0.15) is 47.3 Å². The fourth-order valence-corrected chi connectivity index (χ4v) is 3.82. The van der Waals surface area contributed by atoms with Gasteiger partial charge in [-0.1, -0.05) is 20.8 Å². The van der Waals surface area contributed by atoms with Crippen LogP contribution in [0.4, 0.5) is 5.95 Å². The van der Waals surface area contributed by atoms with Crippen molar-refractivity contribution in [1.82, 2.24) is 19.5 Å². The molecular weight excluding hydrogens is 417 g/mol. The summed E-state index contributed by atoms with van der Waals surface area (Å²) in [5.74, 6) is -0.104. The highest BCUT2D eigenvalue weighted by atomic mass is 31.2. The zero-order valence-corrected chi connectivity index (χ0v) is 18.6. The molecule has 170 valence electrons. The van der Waals surface area contributed by atoms with Gasteiger partial charge in [0.25, 0.3) is 5.56 Å². The van der Waals surface area contributed by atoms with E-state index in [9.17, 15) is 19.4 Å². The third-order valence-electron chi connectivity index (χ3n) is 3.87. The van der Waals surface area contributed by atoms with Crippen molar-refractivity contribution < 1.29 is 28.3 Å². The van der Waals surface area contributed by atoms with Gasteiger partial charge in [-0.3, -0.25) is 23.4 Å². The number of nitrogens with zero attached hydrogens (tertiary/aromatic N) is 3. The second kappa shape index (κ2) is 9.54. The van der Waals surface area contributed by atoms with E-state index in [0.29, 0.717) is 6.42 Å². The van der Waals surface area contributed by atoms with E-state index in [4.69, 9.17) is 19.5 Å². The first kappa shape index (κ1) is 24.4. The van der Waals surface area contributed by atoms with Gasteiger partial charge in [-0.2, -0.15) is 4.98 Å². The highest BCUT2D eigenvalue weighted by molar-refractivity contribution is 7.47. The number of nitrogens with one attached hydrogen (secondary N) is 1. The van der Waals surface area contributed by atoms with Gasteiger partial charge in [0, 0.05) is 0 Å². The normalized spacial score (nSPS) is 16.7. The summed E-state index contributed by atoms with van der Waals surface area (Å²) >= 11 is 0. The number of imidazole rings is 1. The number of phosphoric acid groups is 1. The first-order chi connectivity index (χ1) is 13.8. The molecule has 2 rings (SSSR count). The third-order valence-corrected chi connectivity index (χ3v) is 5.04. The summed E-state index contributed by atoms with van der Waals surface area (Å²) < 4.78 is 29.4. The van der Waals surface area contributed by atoms with Crippen LogP contribution >= 0.6 is 7.82 Å². The zero-order chi connectivity index (χ0) is 22.7. The van der Waals surface area contributed by atoms with Gasteiger partial charge in [0.2, 0.25) is 5.95 Å². The maximum absolute atomic E-state index is 12.1. The molecule has 13 heteroatoms. The van der Waals surface area contributed by atoms with Crippen LogP contribution < -0.4 is 11.3 Å². The number of H-pyrrole nitrogens is 1. The Kier molecular flexibility index (Phi) is 7.78. The summed E-state index contributed by atoms with van der Waals surface area (Å²) in [4.78, 5) is 32.2. The Balaban J connectivity index is 2.26. The second-order valence-electron chi connectivity index (χ2n) is 8.35. The van der Waals surface area contributed by atoms with Gasteiger partial charge in [-0.25, -0.2) is 9.55 Å². The lowest BCUT2D eigenvalue weighted by Gasteiger charge is -2.30. The van der Waals surface area contributed by atoms with Gasteiger partial charge >= 0.3 is 7.82 Å². The number of phosphoric ester groups is 1. The van der Waals surface area contributed by atoms with E-state index in [1.807, 2.05) is 20.8 Å². The largest absolute Gasteiger partial charge is 0.472 e. The average molecular weight is 447 g/mol. The number of hydrogen-bond donors (Lipinski definition) is 4. The minimum absolute atomic E-state index is 0.0417. The number of fused-ring (bicyclic) bond motifs is 1. The van der Waals surface area contributed by atoms with Gasteiger partial charge in [-0.15, -0.1) is 0 Å². The number of nitrogens with two attached hydrogens (primary N) is 1. The van der Waals surface area contributed by atoms with E-state index < -0.39 is 38.4 Å². The predicted molar refractivity (Wildman–Crippen MR) is 110 cm³/mol. The number of ether oxygens (including phenoxy) is 1. The van der Waals surface area contributed by atoms with Gasteiger partial charge in [-0.05, 0) is 25.7 Å². The van der Waals surface area contributed by atoms with Crippen molar-refractivity contribution in [3.8, 4) is 0 Å². The summed E-state index contributed by atoms with van der Waals surface area (Å²) in [5, 5.41) is 9.90. The fraction of sp³-hybridized carbons (Fsp3) is 0.706. The molecule has 0 saturated heterocycles. The van der Waals surface area contributed by atoms with E-state index in [1.165, 1.54) is 10.9 Å². The van der Waals surface area contributed by atoms with Crippen molar-refractivity contribution in [2.45, 2.75) is 59.5 Å². The maximum atomic E-state index is 12.1.